The molecular weight excluding hydrogens is 238 g/mol. The van der Waals surface area contributed by atoms with Gasteiger partial charge < -0.3 is 10.6 Å². The van der Waals surface area contributed by atoms with Gasteiger partial charge in [-0.05, 0) is 31.4 Å². The van der Waals surface area contributed by atoms with Gasteiger partial charge in [-0.3, -0.25) is 9.78 Å². The van der Waals surface area contributed by atoms with Crippen molar-refractivity contribution in [2.75, 3.05) is 13.1 Å². The Morgan fingerprint density at radius 1 is 1.42 bits per heavy atom. The van der Waals surface area contributed by atoms with Crippen LogP contribution in [0, 0.1) is 11.8 Å². The Bertz CT molecular complexity index is 378. The van der Waals surface area contributed by atoms with E-state index in [1.54, 1.807) is 6.20 Å². The van der Waals surface area contributed by atoms with Gasteiger partial charge in [0.2, 0.25) is 5.91 Å². The molecule has 1 aromatic rings. The highest BCUT2D eigenvalue weighted by atomic mass is 16.2. The summed E-state index contributed by atoms with van der Waals surface area (Å²) < 4.78 is 0. The van der Waals surface area contributed by atoms with Gasteiger partial charge >= 0.3 is 0 Å². The topological polar surface area (TPSA) is 59.2 Å². The Balaban J connectivity index is 2.70. The van der Waals surface area contributed by atoms with E-state index >= 15 is 0 Å². The Hall–Kier alpha value is -1.42. The molecule has 1 amide bonds. The molecule has 0 aliphatic carbocycles. The monoisotopic (exact) mass is 263 g/mol. The fraction of sp³-hybridized carbons (Fsp3) is 0.600. The largest absolute Gasteiger partial charge is 0.337 e. The van der Waals surface area contributed by atoms with E-state index in [4.69, 9.17) is 5.73 Å². The SMILES string of the molecule is CCN(Cc1ccccn1)C(=O)C(CN)CC(C)C. The lowest BCUT2D eigenvalue weighted by atomic mass is 9.96. The molecule has 1 unspecified atom stereocenters. The third-order valence-electron chi connectivity index (χ3n) is 3.16. The average Bonchev–Trinajstić information content (AvgIpc) is 2.42. The summed E-state index contributed by atoms with van der Waals surface area (Å²) in [6.45, 7) is 7.88. The molecule has 0 fully saturated rings. The molecule has 1 rings (SSSR count). The van der Waals surface area contributed by atoms with Gasteiger partial charge in [0.25, 0.3) is 0 Å². The first-order valence-corrected chi connectivity index (χ1v) is 6.97. The summed E-state index contributed by atoms with van der Waals surface area (Å²) in [5.74, 6) is 0.541. The molecule has 0 aliphatic heterocycles. The quantitative estimate of drug-likeness (QED) is 0.819. The van der Waals surface area contributed by atoms with Crippen molar-refractivity contribution >= 4 is 5.91 Å². The van der Waals surface area contributed by atoms with Gasteiger partial charge in [0.05, 0.1) is 18.2 Å². The highest BCUT2D eigenvalue weighted by molar-refractivity contribution is 5.79. The molecule has 4 heteroatoms. The van der Waals surface area contributed by atoms with Crippen LogP contribution in [-0.2, 0) is 11.3 Å². The lowest BCUT2D eigenvalue weighted by Gasteiger charge is -2.26. The third kappa shape index (κ3) is 4.99. The normalized spacial score (nSPS) is 12.5. The maximum atomic E-state index is 12.5. The summed E-state index contributed by atoms with van der Waals surface area (Å²) in [7, 11) is 0. The zero-order valence-corrected chi connectivity index (χ0v) is 12.2. The number of carbonyl (C=O) groups excluding carboxylic acids is 1. The third-order valence-corrected chi connectivity index (χ3v) is 3.16. The molecule has 0 spiro atoms. The minimum atomic E-state index is -0.0799. The minimum absolute atomic E-state index is 0.0799. The first kappa shape index (κ1) is 15.6. The van der Waals surface area contributed by atoms with Crippen LogP contribution in [0.25, 0.3) is 0 Å². The molecular formula is C15H25N3O. The van der Waals surface area contributed by atoms with Gasteiger partial charge in [0, 0.05) is 19.3 Å². The van der Waals surface area contributed by atoms with Crippen molar-refractivity contribution in [2.24, 2.45) is 17.6 Å². The molecule has 1 heterocycles. The maximum Gasteiger partial charge on any atom is 0.227 e. The molecule has 0 saturated heterocycles. The van der Waals surface area contributed by atoms with Crippen molar-refractivity contribution in [2.45, 2.75) is 33.7 Å². The van der Waals surface area contributed by atoms with Crippen LogP contribution in [0.1, 0.15) is 32.9 Å². The van der Waals surface area contributed by atoms with Crippen molar-refractivity contribution in [3.8, 4) is 0 Å². The first-order valence-electron chi connectivity index (χ1n) is 6.97. The summed E-state index contributed by atoms with van der Waals surface area (Å²) in [4.78, 5) is 18.6. The summed E-state index contributed by atoms with van der Waals surface area (Å²) in [5.41, 5.74) is 6.66. The zero-order valence-electron chi connectivity index (χ0n) is 12.2. The smallest absolute Gasteiger partial charge is 0.227 e. The number of carbonyl (C=O) groups is 1. The van der Waals surface area contributed by atoms with Crippen molar-refractivity contribution in [3.05, 3.63) is 30.1 Å². The van der Waals surface area contributed by atoms with Crippen LogP contribution in [0.3, 0.4) is 0 Å². The Kier molecular flexibility index (Phi) is 6.50. The van der Waals surface area contributed by atoms with Crippen LogP contribution < -0.4 is 5.73 Å². The van der Waals surface area contributed by atoms with Crippen LogP contribution in [0.4, 0.5) is 0 Å². The molecule has 2 N–H and O–H groups in total. The second-order valence-corrected chi connectivity index (χ2v) is 5.24. The Morgan fingerprint density at radius 2 is 2.16 bits per heavy atom. The predicted molar refractivity (Wildman–Crippen MR) is 77.3 cm³/mol. The molecule has 0 aromatic carbocycles. The molecule has 106 valence electrons. The predicted octanol–water partition coefficient (Wildman–Crippen LogP) is 2.05. The molecule has 0 saturated carbocycles. The molecule has 4 nitrogen and oxygen atoms in total. The summed E-state index contributed by atoms with van der Waals surface area (Å²) in [6.07, 6.45) is 2.59. The van der Waals surface area contributed by atoms with Crippen molar-refractivity contribution in [3.63, 3.8) is 0 Å². The van der Waals surface area contributed by atoms with Crippen molar-refractivity contribution in [1.29, 1.82) is 0 Å². The van der Waals surface area contributed by atoms with E-state index in [9.17, 15) is 4.79 Å². The second kappa shape index (κ2) is 7.89. The lowest BCUT2D eigenvalue weighted by Crippen LogP contribution is -2.39. The highest BCUT2D eigenvalue weighted by Gasteiger charge is 2.23. The van der Waals surface area contributed by atoms with E-state index in [0.29, 0.717) is 25.6 Å². The Morgan fingerprint density at radius 3 is 2.63 bits per heavy atom. The Labute approximate surface area is 116 Å². The van der Waals surface area contributed by atoms with Gasteiger partial charge in [0.1, 0.15) is 0 Å². The average molecular weight is 263 g/mol. The van der Waals surface area contributed by atoms with E-state index in [-0.39, 0.29) is 11.8 Å². The van der Waals surface area contributed by atoms with Gasteiger partial charge in [-0.1, -0.05) is 19.9 Å². The number of amides is 1. The van der Waals surface area contributed by atoms with Gasteiger partial charge in [0.15, 0.2) is 0 Å². The summed E-state index contributed by atoms with van der Waals surface area (Å²) in [6, 6.07) is 5.76. The van der Waals surface area contributed by atoms with Gasteiger partial charge in [-0.2, -0.15) is 0 Å². The minimum Gasteiger partial charge on any atom is -0.337 e. The summed E-state index contributed by atoms with van der Waals surface area (Å²) in [5, 5.41) is 0. The van der Waals surface area contributed by atoms with E-state index in [0.717, 1.165) is 12.1 Å². The van der Waals surface area contributed by atoms with Crippen LogP contribution in [0.5, 0.6) is 0 Å². The number of hydrogen-bond acceptors (Lipinski definition) is 3. The molecule has 1 atom stereocenters. The maximum absolute atomic E-state index is 12.5. The van der Waals surface area contributed by atoms with Crippen molar-refractivity contribution in [1.82, 2.24) is 9.88 Å². The van der Waals surface area contributed by atoms with Crippen LogP contribution in [-0.4, -0.2) is 28.9 Å². The van der Waals surface area contributed by atoms with E-state index < -0.39 is 0 Å². The first-order chi connectivity index (χ1) is 9.08. The van der Waals surface area contributed by atoms with Crippen LogP contribution in [0.15, 0.2) is 24.4 Å². The molecule has 1 aromatic heterocycles. The number of nitrogens with zero attached hydrogens (tertiary/aromatic N) is 2. The van der Waals surface area contributed by atoms with Crippen LogP contribution >= 0.6 is 0 Å². The fourth-order valence-corrected chi connectivity index (χ4v) is 2.16. The number of pyridine rings is 1. The van der Waals surface area contributed by atoms with Crippen molar-refractivity contribution < 1.29 is 4.79 Å². The molecule has 0 radical (unpaired) electrons. The number of nitrogens with two attached hydrogens (primary N) is 1. The van der Waals surface area contributed by atoms with Gasteiger partial charge in [-0.15, -0.1) is 0 Å². The van der Waals surface area contributed by atoms with Crippen LogP contribution in [0.2, 0.25) is 0 Å². The van der Waals surface area contributed by atoms with E-state index in [1.807, 2.05) is 30.0 Å². The van der Waals surface area contributed by atoms with E-state index in [1.165, 1.54) is 0 Å². The fourth-order valence-electron chi connectivity index (χ4n) is 2.16. The number of aromatic nitrogens is 1. The zero-order chi connectivity index (χ0) is 14.3. The molecule has 0 aliphatic rings. The standard InChI is InChI=1S/C15H25N3O/c1-4-18(11-14-7-5-6-8-17-14)15(19)13(10-16)9-12(2)3/h5-8,12-13H,4,9-11,16H2,1-3H3. The lowest BCUT2D eigenvalue weighted by molar-refractivity contribution is -0.136. The van der Waals surface area contributed by atoms with Gasteiger partial charge in [-0.25, -0.2) is 0 Å². The molecule has 19 heavy (non-hydrogen) atoms. The summed E-state index contributed by atoms with van der Waals surface area (Å²) >= 11 is 0. The highest BCUT2D eigenvalue weighted by Crippen LogP contribution is 2.15. The number of rotatable bonds is 7. The molecule has 0 bridgehead atoms. The number of hydrogen-bond donors (Lipinski definition) is 1. The van der Waals surface area contributed by atoms with E-state index in [2.05, 4.69) is 18.8 Å². The second-order valence-electron chi connectivity index (χ2n) is 5.24.